The molecule has 0 fully saturated rings. The molecule has 28 heavy (non-hydrogen) atoms. The molecule has 0 saturated carbocycles. The molecule has 0 radical (unpaired) electrons. The van der Waals surface area contributed by atoms with Crippen LogP contribution in [0.1, 0.15) is 31.4 Å². The minimum Gasteiger partial charge on any atom is -0.497 e. The van der Waals surface area contributed by atoms with Gasteiger partial charge in [0, 0.05) is 5.57 Å². The predicted molar refractivity (Wildman–Crippen MR) is 114 cm³/mol. The molecule has 144 valence electrons. The second-order valence-corrected chi connectivity index (χ2v) is 6.82. The Morgan fingerprint density at radius 3 is 2.54 bits per heavy atom. The molecule has 0 bridgehead atoms. The van der Waals surface area contributed by atoms with E-state index in [9.17, 15) is 4.79 Å². The lowest BCUT2D eigenvalue weighted by molar-refractivity contribution is -0.130. The first kappa shape index (κ1) is 19.7. The van der Waals surface area contributed by atoms with Crippen molar-refractivity contribution in [2.75, 3.05) is 7.11 Å². The number of aryl methyl sites for hydroxylation is 2. The summed E-state index contributed by atoms with van der Waals surface area (Å²) in [6.45, 7) is 3.96. The number of allylic oxidation sites excluding steroid dienone is 1. The molecule has 0 saturated heterocycles. The van der Waals surface area contributed by atoms with Crippen LogP contribution in [0.5, 0.6) is 11.5 Å². The standard InChI is InChI=1S/C13H14O.C12H12O2/c1-3-10-4-5-12-9-13(14-2)7-6-11(12)8-10;1-9-5-4-7-10-6-2-3-8-11(10)14-12(9)13/h4-9H,3H2,1-2H3;2-3,5-6,8H,4,7H2,1H3/b;9-5-. The van der Waals surface area contributed by atoms with Crippen molar-refractivity contribution < 1.29 is 14.3 Å². The van der Waals surface area contributed by atoms with Crippen LogP contribution in [0, 0.1) is 0 Å². The van der Waals surface area contributed by atoms with Crippen LogP contribution in [0.2, 0.25) is 0 Å². The number of hydrogen-bond donors (Lipinski definition) is 0. The molecule has 0 amide bonds. The molecular formula is C25H26O3. The van der Waals surface area contributed by atoms with Crippen molar-refractivity contribution in [2.24, 2.45) is 0 Å². The smallest absolute Gasteiger partial charge is 0.338 e. The van der Waals surface area contributed by atoms with Gasteiger partial charge in [-0.15, -0.1) is 0 Å². The first-order valence-electron chi connectivity index (χ1n) is 9.64. The number of ether oxygens (including phenoxy) is 2. The number of methoxy groups -OCH3 is 1. The van der Waals surface area contributed by atoms with Gasteiger partial charge in [-0.05, 0) is 66.3 Å². The number of fused-ring (bicyclic) bond motifs is 2. The molecule has 3 nitrogen and oxygen atoms in total. The highest BCUT2D eigenvalue weighted by Gasteiger charge is 2.12. The molecule has 1 heterocycles. The Balaban J connectivity index is 0.000000161. The summed E-state index contributed by atoms with van der Waals surface area (Å²) in [6.07, 6.45) is 4.85. The number of para-hydroxylation sites is 1. The molecule has 0 aromatic heterocycles. The maximum absolute atomic E-state index is 11.4. The largest absolute Gasteiger partial charge is 0.497 e. The zero-order valence-corrected chi connectivity index (χ0v) is 16.7. The summed E-state index contributed by atoms with van der Waals surface area (Å²) in [5.41, 5.74) is 3.17. The van der Waals surface area contributed by atoms with E-state index in [1.807, 2.05) is 36.4 Å². The van der Waals surface area contributed by atoms with Gasteiger partial charge in [-0.1, -0.05) is 55.5 Å². The van der Waals surface area contributed by atoms with Crippen molar-refractivity contribution in [3.63, 3.8) is 0 Å². The number of carbonyl (C=O) groups is 1. The summed E-state index contributed by atoms with van der Waals surface area (Å²) < 4.78 is 10.4. The predicted octanol–water partition coefficient (Wildman–Crippen LogP) is 5.90. The van der Waals surface area contributed by atoms with E-state index in [1.54, 1.807) is 14.0 Å². The summed E-state index contributed by atoms with van der Waals surface area (Å²) in [5.74, 6) is 1.38. The van der Waals surface area contributed by atoms with E-state index < -0.39 is 0 Å². The van der Waals surface area contributed by atoms with Gasteiger partial charge in [-0.3, -0.25) is 0 Å². The summed E-state index contributed by atoms with van der Waals surface area (Å²) in [6, 6.07) is 20.4. The van der Waals surface area contributed by atoms with Gasteiger partial charge in [-0.2, -0.15) is 0 Å². The molecule has 0 N–H and O–H groups in total. The second kappa shape index (κ2) is 9.23. The Hall–Kier alpha value is -3.07. The lowest BCUT2D eigenvalue weighted by Crippen LogP contribution is -2.12. The fraction of sp³-hybridized carbons (Fsp3) is 0.240. The average Bonchev–Trinajstić information content (AvgIpc) is 2.73. The van der Waals surface area contributed by atoms with Crippen LogP contribution in [-0.4, -0.2) is 13.1 Å². The van der Waals surface area contributed by atoms with Crippen LogP contribution in [-0.2, 0) is 17.6 Å². The van der Waals surface area contributed by atoms with E-state index >= 15 is 0 Å². The van der Waals surface area contributed by atoms with Gasteiger partial charge in [-0.25, -0.2) is 4.79 Å². The molecule has 3 aromatic carbocycles. The van der Waals surface area contributed by atoms with E-state index in [4.69, 9.17) is 9.47 Å². The molecule has 3 aromatic rings. The number of benzene rings is 3. The normalized spacial score (nSPS) is 15.1. The number of hydrogen-bond acceptors (Lipinski definition) is 3. The highest BCUT2D eigenvalue weighted by atomic mass is 16.5. The average molecular weight is 374 g/mol. The molecule has 1 aliphatic heterocycles. The van der Waals surface area contributed by atoms with Gasteiger partial charge in [0.1, 0.15) is 11.5 Å². The van der Waals surface area contributed by atoms with Gasteiger partial charge in [0.15, 0.2) is 0 Å². The van der Waals surface area contributed by atoms with E-state index in [1.165, 1.54) is 16.3 Å². The minimum atomic E-state index is -0.239. The third-order valence-corrected chi connectivity index (χ3v) is 4.88. The first-order chi connectivity index (χ1) is 13.6. The number of carbonyl (C=O) groups excluding carboxylic acids is 1. The number of esters is 1. The van der Waals surface area contributed by atoms with Crippen LogP contribution >= 0.6 is 0 Å². The van der Waals surface area contributed by atoms with Gasteiger partial charge < -0.3 is 9.47 Å². The third-order valence-electron chi connectivity index (χ3n) is 4.88. The van der Waals surface area contributed by atoms with Crippen LogP contribution < -0.4 is 9.47 Å². The SMILES string of the molecule is C/C1=C/CCc2ccccc2OC1=O.CCc1ccc2cc(OC)ccc2c1. The van der Waals surface area contributed by atoms with Gasteiger partial charge >= 0.3 is 5.97 Å². The van der Waals surface area contributed by atoms with Crippen molar-refractivity contribution in [3.8, 4) is 11.5 Å². The molecule has 0 spiro atoms. The third kappa shape index (κ3) is 4.80. The molecular weight excluding hydrogens is 348 g/mol. The van der Waals surface area contributed by atoms with Gasteiger partial charge in [0.05, 0.1) is 7.11 Å². The number of rotatable bonds is 2. The van der Waals surface area contributed by atoms with E-state index in [2.05, 4.69) is 37.3 Å². The Kier molecular flexibility index (Phi) is 6.49. The molecule has 4 rings (SSSR count). The van der Waals surface area contributed by atoms with Crippen molar-refractivity contribution in [1.82, 2.24) is 0 Å². The van der Waals surface area contributed by atoms with Crippen LogP contribution in [0.4, 0.5) is 0 Å². The molecule has 3 heteroatoms. The van der Waals surface area contributed by atoms with Crippen LogP contribution in [0.25, 0.3) is 10.8 Å². The second-order valence-electron chi connectivity index (χ2n) is 6.82. The lowest BCUT2D eigenvalue weighted by atomic mass is 10.1. The van der Waals surface area contributed by atoms with E-state index in [0.717, 1.165) is 30.6 Å². The summed E-state index contributed by atoms with van der Waals surface area (Å²) in [5, 5.41) is 2.52. The first-order valence-corrected chi connectivity index (χ1v) is 9.64. The topological polar surface area (TPSA) is 35.5 Å². The zero-order valence-electron chi connectivity index (χ0n) is 16.7. The fourth-order valence-electron chi connectivity index (χ4n) is 3.14. The monoisotopic (exact) mass is 374 g/mol. The highest BCUT2D eigenvalue weighted by Crippen LogP contribution is 2.23. The maximum atomic E-state index is 11.4. The van der Waals surface area contributed by atoms with E-state index in [-0.39, 0.29) is 5.97 Å². The van der Waals surface area contributed by atoms with Crippen molar-refractivity contribution in [2.45, 2.75) is 33.1 Å². The summed E-state index contributed by atoms with van der Waals surface area (Å²) in [7, 11) is 1.70. The molecule has 1 aliphatic rings. The summed E-state index contributed by atoms with van der Waals surface area (Å²) in [4.78, 5) is 11.4. The maximum Gasteiger partial charge on any atom is 0.338 e. The van der Waals surface area contributed by atoms with Crippen LogP contribution in [0.3, 0.4) is 0 Å². The van der Waals surface area contributed by atoms with Gasteiger partial charge in [0.25, 0.3) is 0 Å². The van der Waals surface area contributed by atoms with Crippen LogP contribution in [0.15, 0.2) is 72.3 Å². The van der Waals surface area contributed by atoms with Crippen molar-refractivity contribution >= 4 is 16.7 Å². The minimum absolute atomic E-state index is 0.239. The van der Waals surface area contributed by atoms with Gasteiger partial charge in [0.2, 0.25) is 0 Å². The fourth-order valence-corrected chi connectivity index (χ4v) is 3.14. The molecule has 0 unspecified atom stereocenters. The highest BCUT2D eigenvalue weighted by molar-refractivity contribution is 5.89. The Bertz CT molecular complexity index is 958. The zero-order chi connectivity index (χ0) is 19.9. The molecule has 0 aliphatic carbocycles. The van der Waals surface area contributed by atoms with Crippen molar-refractivity contribution in [3.05, 3.63) is 83.4 Å². The Morgan fingerprint density at radius 2 is 1.75 bits per heavy atom. The lowest BCUT2D eigenvalue weighted by Gasteiger charge is -2.12. The molecule has 0 atom stereocenters. The van der Waals surface area contributed by atoms with E-state index in [0.29, 0.717) is 11.3 Å². The quantitative estimate of drug-likeness (QED) is 0.414. The Morgan fingerprint density at radius 1 is 1.00 bits per heavy atom. The van der Waals surface area contributed by atoms with Crippen molar-refractivity contribution in [1.29, 1.82) is 0 Å². The summed E-state index contributed by atoms with van der Waals surface area (Å²) >= 11 is 0. The Labute approximate surface area is 166 Å².